The van der Waals surface area contributed by atoms with Crippen molar-refractivity contribution in [2.75, 3.05) is 16.0 Å². The van der Waals surface area contributed by atoms with Gasteiger partial charge in [0.05, 0.1) is 18.3 Å². The lowest BCUT2D eigenvalue weighted by molar-refractivity contribution is -0.124. The quantitative estimate of drug-likeness (QED) is 0.201. The number of fused-ring (bicyclic) bond motifs is 1. The lowest BCUT2D eigenvalue weighted by Crippen LogP contribution is -2.19. The van der Waals surface area contributed by atoms with E-state index in [1.54, 1.807) is 29.1 Å². The molecule has 0 radical (unpaired) electrons. The van der Waals surface area contributed by atoms with Gasteiger partial charge in [-0.25, -0.2) is 13.9 Å². The first-order valence-electron chi connectivity index (χ1n) is 11.7. The summed E-state index contributed by atoms with van der Waals surface area (Å²) in [7, 11) is 0. The molecule has 2 amide bonds. The van der Waals surface area contributed by atoms with Crippen molar-refractivity contribution in [3.63, 3.8) is 0 Å². The van der Waals surface area contributed by atoms with Gasteiger partial charge in [-0.1, -0.05) is 11.6 Å². The number of benzene rings is 2. The van der Waals surface area contributed by atoms with Gasteiger partial charge in [0.1, 0.15) is 11.6 Å². The van der Waals surface area contributed by atoms with Gasteiger partial charge in [-0.15, -0.1) is 0 Å². The highest BCUT2D eigenvalue weighted by atomic mass is 35.5. The molecule has 4 aromatic rings. The molecule has 0 bridgehead atoms. The molecule has 2 aromatic heterocycles. The largest absolute Gasteiger partial charge is 0.382 e. The Kier molecular flexibility index (Phi) is 5.72. The minimum absolute atomic E-state index is 0.0257. The van der Waals surface area contributed by atoms with Crippen LogP contribution in [0.5, 0.6) is 0 Å². The maximum atomic E-state index is 14.4. The summed E-state index contributed by atoms with van der Waals surface area (Å²) in [6.07, 6.45) is 7.20. The monoisotopic (exact) mass is 517 g/mol. The molecule has 0 spiro atoms. The molecular formula is C26H21ClFN7O2. The molecule has 4 N–H and O–H groups in total. The molecule has 3 heterocycles. The second kappa shape index (κ2) is 9.21. The molecule has 2 aromatic carbocycles. The van der Waals surface area contributed by atoms with Gasteiger partial charge in [0, 0.05) is 45.5 Å². The highest BCUT2D eigenvalue weighted by molar-refractivity contribution is 6.30. The van der Waals surface area contributed by atoms with Crippen LogP contribution in [0.15, 0.2) is 60.4 Å². The van der Waals surface area contributed by atoms with Gasteiger partial charge < -0.3 is 16.0 Å². The van der Waals surface area contributed by atoms with Gasteiger partial charge in [-0.2, -0.15) is 5.10 Å². The first-order chi connectivity index (χ1) is 17.9. The summed E-state index contributed by atoms with van der Waals surface area (Å²) < 4.78 is 15.9. The average Bonchev–Trinajstić information content (AvgIpc) is 3.49. The van der Waals surface area contributed by atoms with E-state index in [0.29, 0.717) is 39.4 Å². The summed E-state index contributed by atoms with van der Waals surface area (Å²) in [5, 5.41) is 16.9. The maximum absolute atomic E-state index is 14.4. The van der Waals surface area contributed by atoms with E-state index in [1.807, 2.05) is 18.2 Å². The third kappa shape index (κ3) is 5.10. The lowest BCUT2D eigenvalue weighted by Gasteiger charge is -2.15. The molecule has 186 valence electrons. The van der Waals surface area contributed by atoms with E-state index in [-0.39, 0.29) is 18.0 Å². The van der Waals surface area contributed by atoms with Gasteiger partial charge in [-0.3, -0.25) is 14.9 Å². The zero-order chi connectivity index (χ0) is 25.5. The third-order valence-corrected chi connectivity index (χ3v) is 6.22. The predicted molar refractivity (Wildman–Crippen MR) is 140 cm³/mol. The van der Waals surface area contributed by atoms with E-state index in [1.165, 1.54) is 18.2 Å². The summed E-state index contributed by atoms with van der Waals surface area (Å²) >= 11 is 6.06. The van der Waals surface area contributed by atoms with Crippen molar-refractivity contribution in [1.29, 1.82) is 0 Å². The summed E-state index contributed by atoms with van der Waals surface area (Å²) in [6.45, 7) is 0. The topological polar surface area (TPSA) is 112 Å². The first kappa shape index (κ1) is 23.0. The SMILES string of the molecule is O=C1C/C(=C/c2cnn3ccc(Nc4cc(Nc5cc(Cl)ccc5F)cc(NC5CC5)c4)nc23)C(=O)N1. The van der Waals surface area contributed by atoms with Crippen molar-refractivity contribution in [1.82, 2.24) is 19.9 Å². The van der Waals surface area contributed by atoms with Gasteiger partial charge in [0.25, 0.3) is 5.91 Å². The Balaban J connectivity index is 1.31. The van der Waals surface area contributed by atoms with Crippen LogP contribution in [0, 0.1) is 5.82 Å². The highest BCUT2D eigenvalue weighted by Crippen LogP contribution is 2.32. The molecule has 1 saturated heterocycles. The number of imide groups is 1. The molecular weight excluding hydrogens is 497 g/mol. The van der Waals surface area contributed by atoms with Crippen LogP contribution in [-0.2, 0) is 9.59 Å². The summed E-state index contributed by atoms with van der Waals surface area (Å²) in [6, 6.07) is 12.3. The number of hydrogen-bond donors (Lipinski definition) is 4. The molecule has 1 saturated carbocycles. The molecule has 6 rings (SSSR count). The van der Waals surface area contributed by atoms with Crippen LogP contribution >= 0.6 is 11.6 Å². The second-order valence-electron chi connectivity index (χ2n) is 9.00. The van der Waals surface area contributed by atoms with Crippen molar-refractivity contribution in [2.45, 2.75) is 25.3 Å². The number of anilines is 5. The van der Waals surface area contributed by atoms with E-state index in [0.717, 1.165) is 24.2 Å². The highest BCUT2D eigenvalue weighted by Gasteiger charge is 2.24. The summed E-state index contributed by atoms with van der Waals surface area (Å²) in [4.78, 5) is 28.2. The van der Waals surface area contributed by atoms with Crippen LogP contribution in [0.3, 0.4) is 0 Å². The van der Waals surface area contributed by atoms with Crippen LogP contribution < -0.4 is 21.3 Å². The van der Waals surface area contributed by atoms with Crippen molar-refractivity contribution >= 4 is 63.7 Å². The fraction of sp³-hybridized carbons (Fsp3) is 0.154. The van der Waals surface area contributed by atoms with Gasteiger partial charge in [-0.05, 0) is 61.4 Å². The summed E-state index contributed by atoms with van der Waals surface area (Å²) in [5.74, 6) is -0.603. The molecule has 2 fully saturated rings. The number of rotatable bonds is 7. The van der Waals surface area contributed by atoms with Crippen molar-refractivity contribution in [3.8, 4) is 0 Å². The molecule has 0 unspecified atom stereocenters. The van der Waals surface area contributed by atoms with E-state index in [9.17, 15) is 14.0 Å². The van der Waals surface area contributed by atoms with Gasteiger partial charge >= 0.3 is 0 Å². The predicted octanol–water partition coefficient (Wildman–Crippen LogP) is 5.01. The number of carbonyl (C=O) groups is 2. The normalized spacial score (nSPS) is 16.3. The van der Waals surface area contributed by atoms with E-state index in [2.05, 4.69) is 31.3 Å². The Hall–Kier alpha value is -4.44. The number of hydrogen-bond acceptors (Lipinski definition) is 7. The lowest BCUT2D eigenvalue weighted by atomic mass is 10.1. The number of nitrogens with zero attached hydrogens (tertiary/aromatic N) is 3. The van der Waals surface area contributed by atoms with E-state index < -0.39 is 11.7 Å². The number of halogens is 2. The molecule has 11 heteroatoms. The van der Waals surface area contributed by atoms with Crippen LogP contribution in [0.2, 0.25) is 5.02 Å². The van der Waals surface area contributed by atoms with Crippen LogP contribution in [0.1, 0.15) is 24.8 Å². The van der Waals surface area contributed by atoms with Crippen LogP contribution in [0.4, 0.5) is 33.0 Å². The molecule has 1 aliphatic heterocycles. The Labute approximate surface area is 215 Å². The zero-order valence-corrected chi connectivity index (χ0v) is 20.1. The number of carbonyl (C=O) groups excluding carboxylic acids is 2. The molecule has 9 nitrogen and oxygen atoms in total. The first-order valence-corrected chi connectivity index (χ1v) is 12.1. The fourth-order valence-electron chi connectivity index (χ4n) is 4.08. The Bertz CT molecular complexity index is 1600. The number of aromatic nitrogens is 3. The molecule has 37 heavy (non-hydrogen) atoms. The molecule has 2 aliphatic rings. The smallest absolute Gasteiger partial charge is 0.254 e. The average molecular weight is 518 g/mol. The van der Waals surface area contributed by atoms with Crippen molar-refractivity contribution < 1.29 is 14.0 Å². The van der Waals surface area contributed by atoms with Crippen LogP contribution in [0.25, 0.3) is 11.7 Å². The summed E-state index contributed by atoms with van der Waals surface area (Å²) in [5.41, 5.74) is 4.05. The minimum Gasteiger partial charge on any atom is -0.382 e. The molecule has 1 aliphatic carbocycles. The molecule has 0 atom stereocenters. The maximum Gasteiger partial charge on any atom is 0.254 e. The second-order valence-corrected chi connectivity index (χ2v) is 9.43. The van der Waals surface area contributed by atoms with Crippen molar-refractivity contribution in [2.24, 2.45) is 0 Å². The van der Waals surface area contributed by atoms with Gasteiger partial charge in [0.2, 0.25) is 5.91 Å². The standard InChI is InChI=1S/C26H21ClFN7O2/c27-16-1-4-21(28)22(9-16)31-19-10-18(30-17-2-3-17)11-20(12-19)32-23-5-6-35-25(33-23)15(13-29-35)7-14-8-24(36)34-26(14)37/h1,4-7,9-13,17,30-31H,2-3,8H2,(H,32,33)(H,34,36,37)/b14-7-. The minimum atomic E-state index is -0.411. The van der Waals surface area contributed by atoms with E-state index >= 15 is 0 Å². The van der Waals surface area contributed by atoms with E-state index in [4.69, 9.17) is 11.6 Å². The zero-order valence-electron chi connectivity index (χ0n) is 19.4. The van der Waals surface area contributed by atoms with Crippen LogP contribution in [-0.4, -0.2) is 32.5 Å². The Morgan fingerprint density at radius 3 is 2.59 bits per heavy atom. The number of amides is 2. The van der Waals surface area contributed by atoms with Gasteiger partial charge in [0.15, 0.2) is 5.65 Å². The van der Waals surface area contributed by atoms with Crippen molar-refractivity contribution in [3.05, 3.63) is 76.8 Å². The Morgan fingerprint density at radius 2 is 1.84 bits per heavy atom. The number of nitrogens with one attached hydrogen (secondary N) is 4. The Morgan fingerprint density at radius 1 is 1.05 bits per heavy atom. The third-order valence-electron chi connectivity index (χ3n) is 5.98. The fourth-order valence-corrected chi connectivity index (χ4v) is 4.25.